The number of carbonyl (C=O) groups is 1. The fraction of sp³-hybridized carbons (Fsp3) is 0.863. The molecule has 0 aromatic carbocycles. The van der Waals surface area contributed by atoms with Crippen LogP contribution in [0.25, 0.3) is 0 Å². The summed E-state index contributed by atoms with van der Waals surface area (Å²) in [6.07, 6.45) is 58.9. The largest absolute Gasteiger partial charge is 0.394 e. The number of hydrogen-bond acceptors (Lipinski definition) is 4. The topological polar surface area (TPSA) is 89.8 Å². The molecule has 0 aliphatic heterocycles. The lowest BCUT2D eigenvalue weighted by atomic mass is 10.0. The molecular weight excluding hydrogens is 691 g/mol. The van der Waals surface area contributed by atoms with Crippen molar-refractivity contribution in [2.45, 2.75) is 276 Å². The molecule has 1 amide bonds. The number of rotatable bonds is 45. The van der Waals surface area contributed by atoms with Crippen LogP contribution < -0.4 is 5.32 Å². The normalized spacial score (nSPS) is 13.7. The van der Waals surface area contributed by atoms with Crippen molar-refractivity contribution in [3.63, 3.8) is 0 Å². The van der Waals surface area contributed by atoms with E-state index in [2.05, 4.69) is 43.5 Å². The van der Waals surface area contributed by atoms with Crippen molar-refractivity contribution in [1.82, 2.24) is 5.32 Å². The zero-order valence-corrected chi connectivity index (χ0v) is 37.5. The molecule has 0 heterocycles. The van der Waals surface area contributed by atoms with E-state index in [1.807, 2.05) is 6.08 Å². The summed E-state index contributed by atoms with van der Waals surface area (Å²) < 4.78 is 0. The lowest BCUT2D eigenvalue weighted by Crippen LogP contribution is -2.45. The minimum atomic E-state index is -0.950. The van der Waals surface area contributed by atoms with Gasteiger partial charge in [0.05, 0.1) is 31.3 Å². The molecule has 5 nitrogen and oxygen atoms in total. The fourth-order valence-corrected chi connectivity index (χ4v) is 7.59. The molecule has 0 bridgehead atoms. The molecule has 0 saturated heterocycles. The molecular formula is C51H97NO4. The lowest BCUT2D eigenvalue weighted by molar-refractivity contribution is -0.124. The van der Waals surface area contributed by atoms with Gasteiger partial charge in [0.25, 0.3) is 0 Å². The molecule has 5 heteroatoms. The van der Waals surface area contributed by atoms with Crippen LogP contribution in [-0.4, -0.2) is 46.1 Å². The van der Waals surface area contributed by atoms with Crippen molar-refractivity contribution in [2.24, 2.45) is 0 Å². The Labute approximate surface area is 349 Å². The van der Waals surface area contributed by atoms with Gasteiger partial charge in [0, 0.05) is 0 Å². The lowest BCUT2D eigenvalue weighted by Gasteiger charge is -2.21. The molecule has 0 aliphatic carbocycles. The summed E-state index contributed by atoms with van der Waals surface area (Å²) in [5.41, 5.74) is 0. The van der Waals surface area contributed by atoms with Crippen LogP contribution >= 0.6 is 0 Å². The van der Waals surface area contributed by atoms with Gasteiger partial charge in [0.1, 0.15) is 0 Å². The Morgan fingerprint density at radius 3 is 1.14 bits per heavy atom. The van der Waals surface area contributed by atoms with Gasteiger partial charge in [-0.1, -0.05) is 230 Å². The molecule has 56 heavy (non-hydrogen) atoms. The molecule has 0 aliphatic rings. The van der Waals surface area contributed by atoms with Gasteiger partial charge in [-0.25, -0.2) is 0 Å². The van der Waals surface area contributed by atoms with E-state index < -0.39 is 18.2 Å². The van der Waals surface area contributed by atoms with Crippen LogP contribution in [0.4, 0.5) is 0 Å². The Hall–Kier alpha value is -1.43. The molecule has 3 unspecified atom stereocenters. The van der Waals surface area contributed by atoms with Crippen molar-refractivity contribution in [3.8, 4) is 0 Å². The summed E-state index contributed by atoms with van der Waals surface area (Å²) in [4.78, 5) is 12.4. The smallest absolute Gasteiger partial charge is 0.222 e. The van der Waals surface area contributed by atoms with Crippen LogP contribution in [-0.2, 0) is 4.79 Å². The van der Waals surface area contributed by atoms with E-state index in [4.69, 9.17) is 0 Å². The van der Waals surface area contributed by atoms with Gasteiger partial charge in [0.15, 0.2) is 0 Å². The highest BCUT2D eigenvalue weighted by atomic mass is 16.3. The van der Waals surface area contributed by atoms with Crippen molar-refractivity contribution in [2.75, 3.05) is 6.61 Å². The Morgan fingerprint density at radius 1 is 0.446 bits per heavy atom. The Kier molecular flexibility index (Phi) is 45.1. The minimum Gasteiger partial charge on any atom is -0.394 e. The van der Waals surface area contributed by atoms with Crippen LogP contribution in [0.5, 0.6) is 0 Å². The summed E-state index contributed by atoms with van der Waals surface area (Å²) >= 11 is 0. The monoisotopic (exact) mass is 788 g/mol. The van der Waals surface area contributed by atoms with Crippen molar-refractivity contribution >= 4 is 5.91 Å². The summed E-state index contributed by atoms with van der Waals surface area (Å²) in [5.74, 6) is -0.325. The third-order valence-electron chi connectivity index (χ3n) is 11.4. The van der Waals surface area contributed by atoms with E-state index in [1.165, 1.54) is 199 Å². The predicted octanol–water partition coefficient (Wildman–Crippen LogP) is 14.7. The maximum absolute atomic E-state index is 12.4. The van der Waals surface area contributed by atoms with Crippen LogP contribution in [0.1, 0.15) is 258 Å². The first-order chi connectivity index (χ1) is 27.5. The standard InChI is InChI=1S/C51H97NO4/c1-3-5-7-9-11-13-15-17-18-19-20-21-22-23-24-25-26-27-28-29-30-31-33-34-36-38-40-42-44-48(54)46-51(56)52-49(47-53)50(55)45-43-41-39-37-35-32-16-14-12-10-8-6-4-2/h23-24,35,37,43,45,48-50,53-55H,3-22,25-34,36,38-42,44,46-47H2,1-2H3,(H,52,56)/b24-23-,37-35+,45-43+. The molecule has 0 fully saturated rings. The number of unbranched alkanes of at least 4 members (excludes halogenated alkanes) is 32. The van der Waals surface area contributed by atoms with Crippen molar-refractivity contribution < 1.29 is 20.1 Å². The van der Waals surface area contributed by atoms with E-state index in [0.717, 1.165) is 32.1 Å². The SMILES string of the molecule is CCCCCCCCC/C=C/CC/C=C/C(O)C(CO)NC(=O)CC(O)CCCCCCCCCCCCCC/C=C\CCCCCCCCCCCCCC. The van der Waals surface area contributed by atoms with Crippen molar-refractivity contribution in [1.29, 1.82) is 0 Å². The van der Waals surface area contributed by atoms with Crippen LogP contribution in [0.15, 0.2) is 36.5 Å². The Morgan fingerprint density at radius 2 is 0.768 bits per heavy atom. The second-order valence-electron chi connectivity index (χ2n) is 17.1. The highest BCUT2D eigenvalue weighted by Crippen LogP contribution is 2.16. The molecule has 0 aromatic heterocycles. The quantitative estimate of drug-likeness (QED) is 0.0365. The third-order valence-corrected chi connectivity index (χ3v) is 11.4. The average molecular weight is 788 g/mol. The second kappa shape index (κ2) is 46.3. The summed E-state index contributed by atoms with van der Waals surface area (Å²) in [5, 5.41) is 33.2. The number of nitrogens with one attached hydrogen (secondary N) is 1. The maximum atomic E-state index is 12.4. The molecule has 0 radical (unpaired) electrons. The first-order valence-electron chi connectivity index (χ1n) is 24.8. The van der Waals surface area contributed by atoms with Gasteiger partial charge >= 0.3 is 0 Å². The number of carbonyl (C=O) groups excluding carboxylic acids is 1. The van der Waals surface area contributed by atoms with E-state index >= 15 is 0 Å². The predicted molar refractivity (Wildman–Crippen MR) is 245 cm³/mol. The van der Waals surface area contributed by atoms with Gasteiger partial charge in [-0.15, -0.1) is 0 Å². The maximum Gasteiger partial charge on any atom is 0.222 e. The van der Waals surface area contributed by atoms with Crippen LogP contribution in [0, 0.1) is 0 Å². The zero-order valence-electron chi connectivity index (χ0n) is 37.5. The number of amides is 1. The van der Waals surface area contributed by atoms with E-state index in [9.17, 15) is 20.1 Å². The van der Waals surface area contributed by atoms with Gasteiger partial charge in [-0.3, -0.25) is 4.79 Å². The van der Waals surface area contributed by atoms with Gasteiger partial charge < -0.3 is 20.6 Å². The zero-order chi connectivity index (χ0) is 40.8. The molecule has 330 valence electrons. The fourth-order valence-electron chi connectivity index (χ4n) is 7.59. The number of hydrogen-bond donors (Lipinski definition) is 4. The molecule has 0 saturated carbocycles. The number of aliphatic hydroxyl groups is 3. The van der Waals surface area contributed by atoms with Crippen molar-refractivity contribution in [3.05, 3.63) is 36.5 Å². The summed E-state index contributed by atoms with van der Waals surface area (Å²) in [7, 11) is 0. The molecule has 0 spiro atoms. The van der Waals surface area contributed by atoms with Crippen LogP contribution in [0.2, 0.25) is 0 Å². The summed E-state index contributed by atoms with van der Waals surface area (Å²) in [6, 6.07) is -0.759. The molecule has 3 atom stereocenters. The summed E-state index contributed by atoms with van der Waals surface area (Å²) in [6.45, 7) is 4.20. The molecule has 4 N–H and O–H groups in total. The van der Waals surface area contributed by atoms with Gasteiger partial charge in [-0.05, 0) is 57.8 Å². The Balaban J connectivity index is 3.57. The second-order valence-corrected chi connectivity index (χ2v) is 17.1. The highest BCUT2D eigenvalue weighted by Gasteiger charge is 2.20. The average Bonchev–Trinajstić information content (AvgIpc) is 3.19. The first-order valence-corrected chi connectivity index (χ1v) is 24.8. The Bertz CT molecular complexity index is 870. The van der Waals surface area contributed by atoms with Crippen LogP contribution in [0.3, 0.4) is 0 Å². The highest BCUT2D eigenvalue weighted by molar-refractivity contribution is 5.76. The number of aliphatic hydroxyl groups excluding tert-OH is 3. The third kappa shape index (κ3) is 42.2. The van der Waals surface area contributed by atoms with Gasteiger partial charge in [0.2, 0.25) is 5.91 Å². The molecule has 0 rings (SSSR count). The molecule has 0 aromatic rings. The van der Waals surface area contributed by atoms with E-state index in [0.29, 0.717) is 6.42 Å². The van der Waals surface area contributed by atoms with E-state index in [-0.39, 0.29) is 18.9 Å². The first kappa shape index (κ1) is 54.6. The minimum absolute atomic E-state index is 0.00662. The number of allylic oxidation sites excluding steroid dienone is 5. The van der Waals surface area contributed by atoms with Gasteiger partial charge in [-0.2, -0.15) is 0 Å². The van der Waals surface area contributed by atoms with E-state index in [1.54, 1.807) is 6.08 Å².